The number of amides is 1. The zero-order valence-corrected chi connectivity index (χ0v) is 25.6. The van der Waals surface area contributed by atoms with Crippen LogP contribution < -0.4 is 29.8 Å². The van der Waals surface area contributed by atoms with Gasteiger partial charge in [-0.05, 0) is 55.8 Å². The molecule has 0 bridgehead atoms. The van der Waals surface area contributed by atoms with Crippen LogP contribution in [0.1, 0.15) is 31.0 Å². The molecule has 0 saturated carbocycles. The molecule has 3 aromatic carbocycles. The van der Waals surface area contributed by atoms with E-state index in [1.165, 1.54) is 28.0 Å². The molecule has 0 aliphatic carbocycles. The van der Waals surface area contributed by atoms with Crippen LogP contribution in [-0.4, -0.2) is 48.3 Å². The van der Waals surface area contributed by atoms with E-state index in [0.29, 0.717) is 76.1 Å². The predicted octanol–water partition coefficient (Wildman–Crippen LogP) is 4.02. The number of ether oxygens (including phenoxy) is 2. The van der Waals surface area contributed by atoms with Crippen molar-refractivity contribution in [2.24, 2.45) is 4.99 Å². The first-order chi connectivity index (χ1) is 21.8. The maximum atomic E-state index is 14.2. The molecule has 1 atom stereocenters. The summed E-state index contributed by atoms with van der Waals surface area (Å²) in [5.41, 5.74) is 3.05. The molecule has 12 heteroatoms. The van der Waals surface area contributed by atoms with Crippen molar-refractivity contribution < 1.29 is 19.2 Å². The number of thiazole rings is 1. The molecule has 1 N–H and O–H groups in total. The number of morpholine rings is 1. The Balaban J connectivity index is 1.50. The number of benzene rings is 3. The van der Waals surface area contributed by atoms with Gasteiger partial charge in [-0.3, -0.25) is 24.3 Å². The Bertz CT molecular complexity index is 1960. The minimum Gasteiger partial charge on any atom is -0.494 e. The average Bonchev–Trinajstić information content (AvgIpc) is 3.35. The second-order valence-electron chi connectivity index (χ2n) is 10.5. The standard InChI is InChI=1S/C33H31N5O6S/c1-3-44-26-12-9-22(10-13-26)30-29(31(39)35-24-7-5-4-6-8-24)21(2)34-33-37(30)32(40)28(45-33)20-23-19-25(38(41)42)11-14-27(23)36-15-17-43-18-16-36/h4-14,19-20,30H,3,15-18H2,1-2H3,(H,35,39)/b28-20-/t30-/m1/s1. The van der Waals surface area contributed by atoms with Gasteiger partial charge in [-0.15, -0.1) is 0 Å². The third-order valence-corrected chi connectivity index (χ3v) is 8.65. The lowest BCUT2D eigenvalue weighted by molar-refractivity contribution is -0.384. The molecule has 6 rings (SSSR count). The van der Waals surface area contributed by atoms with Crippen LogP contribution in [0.15, 0.2) is 93.9 Å². The Kier molecular flexibility index (Phi) is 8.58. The number of hydrogen-bond donors (Lipinski definition) is 1. The summed E-state index contributed by atoms with van der Waals surface area (Å²) >= 11 is 1.18. The highest BCUT2D eigenvalue weighted by Gasteiger charge is 2.32. The van der Waals surface area contributed by atoms with Crippen LogP contribution in [0.4, 0.5) is 17.1 Å². The Hall–Kier alpha value is -5.07. The smallest absolute Gasteiger partial charge is 0.271 e. The number of nitrogens with one attached hydrogen (secondary N) is 1. The number of nitro groups is 1. The minimum absolute atomic E-state index is 0.0750. The molecule has 45 heavy (non-hydrogen) atoms. The number of carbonyl (C=O) groups is 1. The molecule has 2 aliphatic rings. The van der Waals surface area contributed by atoms with E-state index in [1.807, 2.05) is 49.4 Å². The van der Waals surface area contributed by atoms with Gasteiger partial charge in [-0.1, -0.05) is 41.7 Å². The number of nitro benzene ring substituents is 1. The quantitative estimate of drug-likeness (QED) is 0.231. The first-order valence-electron chi connectivity index (χ1n) is 14.6. The highest BCUT2D eigenvalue weighted by molar-refractivity contribution is 7.07. The number of para-hydroxylation sites is 1. The van der Waals surface area contributed by atoms with Gasteiger partial charge in [-0.2, -0.15) is 0 Å². The van der Waals surface area contributed by atoms with Gasteiger partial charge in [0.1, 0.15) is 5.75 Å². The van der Waals surface area contributed by atoms with Crippen LogP contribution in [0.3, 0.4) is 0 Å². The van der Waals surface area contributed by atoms with Gasteiger partial charge in [0.2, 0.25) is 0 Å². The summed E-state index contributed by atoms with van der Waals surface area (Å²) in [4.78, 5) is 46.5. The number of hydrogen-bond acceptors (Lipinski definition) is 9. The third kappa shape index (κ3) is 6.15. The Morgan fingerprint density at radius 3 is 2.56 bits per heavy atom. The SMILES string of the molecule is CCOc1ccc([C@@H]2C(C(=O)Nc3ccccc3)=C(C)N=c3s/c(=C\c4cc([N+](=O)[O-])ccc4N4CCOCC4)c(=O)n32)cc1. The number of rotatable bonds is 8. The number of aromatic nitrogens is 1. The number of non-ortho nitro benzene ring substituents is 1. The molecule has 11 nitrogen and oxygen atoms in total. The molecular weight excluding hydrogens is 594 g/mol. The summed E-state index contributed by atoms with van der Waals surface area (Å²) in [7, 11) is 0. The molecule has 2 aliphatic heterocycles. The maximum Gasteiger partial charge on any atom is 0.271 e. The fraction of sp³-hybridized carbons (Fsp3) is 0.242. The molecule has 1 fully saturated rings. The van der Waals surface area contributed by atoms with Gasteiger partial charge < -0.3 is 19.7 Å². The van der Waals surface area contributed by atoms with E-state index in [0.717, 1.165) is 5.69 Å². The molecule has 230 valence electrons. The van der Waals surface area contributed by atoms with Crippen LogP contribution in [0.5, 0.6) is 5.75 Å². The van der Waals surface area contributed by atoms with Crippen molar-refractivity contribution in [3.63, 3.8) is 0 Å². The van der Waals surface area contributed by atoms with E-state index in [1.54, 1.807) is 31.2 Å². The zero-order valence-electron chi connectivity index (χ0n) is 24.8. The van der Waals surface area contributed by atoms with Gasteiger partial charge in [0.15, 0.2) is 4.80 Å². The van der Waals surface area contributed by atoms with Crippen molar-refractivity contribution in [1.82, 2.24) is 4.57 Å². The largest absolute Gasteiger partial charge is 0.494 e. The van der Waals surface area contributed by atoms with Crippen molar-refractivity contribution in [3.05, 3.63) is 125 Å². The highest BCUT2D eigenvalue weighted by Crippen LogP contribution is 2.32. The summed E-state index contributed by atoms with van der Waals surface area (Å²) in [6, 6.07) is 20.3. The van der Waals surface area contributed by atoms with Crippen molar-refractivity contribution in [2.75, 3.05) is 43.1 Å². The molecule has 0 unspecified atom stereocenters. The van der Waals surface area contributed by atoms with E-state index in [-0.39, 0.29) is 17.2 Å². The first-order valence-corrected chi connectivity index (χ1v) is 15.4. The van der Waals surface area contributed by atoms with Crippen LogP contribution in [0.2, 0.25) is 0 Å². The lowest BCUT2D eigenvalue weighted by atomic mass is 9.95. The van der Waals surface area contributed by atoms with E-state index < -0.39 is 11.0 Å². The molecule has 1 aromatic heterocycles. The molecule has 1 saturated heterocycles. The second-order valence-corrected chi connectivity index (χ2v) is 11.5. The van der Waals surface area contributed by atoms with Gasteiger partial charge in [0.05, 0.1) is 46.6 Å². The van der Waals surface area contributed by atoms with Crippen LogP contribution in [-0.2, 0) is 9.53 Å². The number of fused-ring (bicyclic) bond motifs is 1. The van der Waals surface area contributed by atoms with E-state index in [2.05, 4.69) is 10.2 Å². The van der Waals surface area contributed by atoms with Crippen LogP contribution in [0, 0.1) is 10.1 Å². The van der Waals surface area contributed by atoms with Crippen molar-refractivity contribution >= 4 is 40.4 Å². The van der Waals surface area contributed by atoms with Crippen molar-refractivity contribution in [3.8, 4) is 5.75 Å². The Morgan fingerprint density at radius 2 is 1.87 bits per heavy atom. The van der Waals surface area contributed by atoms with E-state index in [9.17, 15) is 19.7 Å². The predicted molar refractivity (Wildman–Crippen MR) is 173 cm³/mol. The molecule has 4 aromatic rings. The number of nitrogens with zero attached hydrogens (tertiary/aromatic N) is 4. The van der Waals surface area contributed by atoms with Crippen molar-refractivity contribution in [2.45, 2.75) is 19.9 Å². The minimum atomic E-state index is -0.772. The zero-order chi connectivity index (χ0) is 31.5. The highest BCUT2D eigenvalue weighted by atomic mass is 32.1. The summed E-state index contributed by atoms with van der Waals surface area (Å²) in [5.74, 6) is 0.301. The van der Waals surface area contributed by atoms with Gasteiger partial charge in [0.25, 0.3) is 17.2 Å². The van der Waals surface area contributed by atoms with Gasteiger partial charge in [0, 0.05) is 42.2 Å². The Labute approximate surface area is 262 Å². The number of carbonyl (C=O) groups excluding carboxylic acids is 1. The van der Waals surface area contributed by atoms with Gasteiger partial charge >= 0.3 is 0 Å². The van der Waals surface area contributed by atoms with Crippen molar-refractivity contribution in [1.29, 1.82) is 0 Å². The Morgan fingerprint density at radius 1 is 1.13 bits per heavy atom. The number of allylic oxidation sites excluding steroid dienone is 1. The summed E-state index contributed by atoms with van der Waals surface area (Å²) in [6.45, 7) is 6.48. The summed E-state index contributed by atoms with van der Waals surface area (Å²) in [6.07, 6.45) is 1.68. The monoisotopic (exact) mass is 625 g/mol. The topological polar surface area (TPSA) is 128 Å². The van der Waals surface area contributed by atoms with E-state index in [4.69, 9.17) is 14.5 Å². The normalized spacial score (nSPS) is 16.6. The molecular formula is C33H31N5O6S. The average molecular weight is 626 g/mol. The second kappa shape index (κ2) is 12.9. The number of anilines is 2. The summed E-state index contributed by atoms with van der Waals surface area (Å²) < 4.78 is 13.0. The third-order valence-electron chi connectivity index (χ3n) is 7.67. The molecule has 3 heterocycles. The first kappa shape index (κ1) is 30.0. The lowest BCUT2D eigenvalue weighted by Crippen LogP contribution is -2.40. The van der Waals surface area contributed by atoms with E-state index >= 15 is 0 Å². The summed E-state index contributed by atoms with van der Waals surface area (Å²) in [5, 5.41) is 14.6. The molecule has 1 amide bonds. The molecule has 0 radical (unpaired) electrons. The fourth-order valence-corrected chi connectivity index (χ4v) is 6.60. The van der Waals surface area contributed by atoms with Gasteiger partial charge in [-0.25, -0.2) is 4.99 Å². The fourth-order valence-electron chi connectivity index (χ4n) is 5.56. The lowest BCUT2D eigenvalue weighted by Gasteiger charge is -2.30. The maximum absolute atomic E-state index is 14.2. The molecule has 0 spiro atoms. The van der Waals surface area contributed by atoms with Crippen LogP contribution >= 0.6 is 11.3 Å². The van der Waals surface area contributed by atoms with Crippen LogP contribution in [0.25, 0.3) is 6.08 Å².